The van der Waals surface area contributed by atoms with Crippen LogP contribution in [0, 0.1) is 11.3 Å². The predicted molar refractivity (Wildman–Crippen MR) is 172 cm³/mol. The number of halogens is 2. The molecule has 0 aliphatic rings. The second-order valence-electron chi connectivity index (χ2n) is 10.1. The maximum Gasteiger partial charge on any atom is 0.238 e. The fourth-order valence-corrected chi connectivity index (χ4v) is 4.17. The number of aromatic nitrogens is 2. The predicted octanol–water partition coefficient (Wildman–Crippen LogP) is 7.29. The molecule has 13 heteroatoms. The molecule has 3 aromatic rings. The van der Waals surface area contributed by atoms with Crippen molar-refractivity contribution in [1.82, 2.24) is 9.97 Å². The molecule has 2 aromatic carbocycles. The molecule has 0 aliphatic heterocycles. The Morgan fingerprint density at radius 3 is 1.93 bits per heavy atom. The van der Waals surface area contributed by atoms with Crippen molar-refractivity contribution >= 4 is 35.0 Å². The number of nitriles is 1. The Kier molecular flexibility index (Phi) is 14.1. The highest BCUT2D eigenvalue weighted by Crippen LogP contribution is 2.39. The van der Waals surface area contributed by atoms with Gasteiger partial charge in [0.1, 0.15) is 35.3 Å². The van der Waals surface area contributed by atoms with Gasteiger partial charge in [-0.1, -0.05) is 50.9 Å². The molecule has 0 spiro atoms. The van der Waals surface area contributed by atoms with Crippen LogP contribution in [0.2, 0.25) is 10.0 Å². The van der Waals surface area contributed by atoms with Crippen LogP contribution in [0.25, 0.3) is 0 Å². The van der Waals surface area contributed by atoms with Crippen LogP contribution in [0.15, 0.2) is 42.5 Å². The van der Waals surface area contributed by atoms with Crippen molar-refractivity contribution < 1.29 is 28.8 Å². The number of nitrogen functional groups attached to an aromatic ring is 1. The summed E-state index contributed by atoms with van der Waals surface area (Å²) < 4.78 is 26.6. The van der Waals surface area contributed by atoms with Crippen molar-refractivity contribution in [3.05, 3.63) is 63.7 Å². The Bertz CT molecular complexity index is 1480. The molecule has 0 amide bonds. The summed E-state index contributed by atoms with van der Waals surface area (Å²) >= 11 is 12.3. The molecule has 11 nitrogen and oxygen atoms in total. The first kappa shape index (κ1) is 36.1. The number of aliphatic hydroxyl groups is 1. The van der Waals surface area contributed by atoms with E-state index in [4.69, 9.17) is 63.0 Å². The van der Waals surface area contributed by atoms with Crippen LogP contribution in [0.4, 0.5) is 11.8 Å². The van der Waals surface area contributed by atoms with Crippen molar-refractivity contribution in [3.63, 3.8) is 0 Å². The summed E-state index contributed by atoms with van der Waals surface area (Å²) in [5, 5.41) is 21.8. The van der Waals surface area contributed by atoms with E-state index in [1.807, 2.05) is 45.9 Å². The van der Waals surface area contributed by atoms with Crippen LogP contribution in [0.1, 0.15) is 57.6 Å². The molecule has 0 fully saturated rings. The number of nitrogens with two attached hydrogens (primary N) is 1. The van der Waals surface area contributed by atoms with Gasteiger partial charge in [-0.25, -0.2) is 4.98 Å². The minimum atomic E-state index is -0.181. The molecule has 1 atom stereocenters. The lowest BCUT2D eigenvalue weighted by Crippen LogP contribution is -2.21. The number of rotatable bonds is 12. The van der Waals surface area contributed by atoms with Gasteiger partial charge < -0.3 is 39.8 Å². The van der Waals surface area contributed by atoms with Gasteiger partial charge in [-0.05, 0) is 30.9 Å². The fraction of sp³-hybridized carbons (Fsp3) is 0.387. The first-order valence-electron chi connectivity index (χ1n) is 13.6. The zero-order valence-corrected chi connectivity index (χ0v) is 27.6. The maximum absolute atomic E-state index is 9.07. The topological polar surface area (TPSA) is 154 Å². The molecule has 1 heterocycles. The quantitative estimate of drug-likeness (QED) is 0.134. The number of hydrogen-bond donors (Lipinski definition) is 3. The number of hydrogen-bond acceptors (Lipinski definition) is 11. The van der Waals surface area contributed by atoms with E-state index in [1.165, 1.54) is 19.6 Å². The molecule has 1 aromatic heterocycles. The maximum atomic E-state index is 9.07. The molecule has 44 heavy (non-hydrogen) atoms. The van der Waals surface area contributed by atoms with E-state index in [1.54, 1.807) is 33.3 Å². The van der Waals surface area contributed by atoms with Gasteiger partial charge >= 0.3 is 0 Å². The largest absolute Gasteiger partial charge is 0.500 e. The van der Waals surface area contributed by atoms with Crippen molar-refractivity contribution in [3.8, 4) is 34.8 Å². The average Bonchev–Trinajstić information content (AvgIpc) is 2.98. The normalized spacial score (nSPS) is 11.7. The number of aliphatic hydroxyl groups excluding tert-OH is 1. The SMILES string of the molecule is CO/C=C(\C#N)Oc1cc(Cl)c(OC)cc1C(C)C.COc1cc(C(C)C)c(Oc2cnc(N[C@H](C)CO)nc2N)cc1Cl. The van der Waals surface area contributed by atoms with E-state index in [-0.39, 0.29) is 36.1 Å². The van der Waals surface area contributed by atoms with E-state index >= 15 is 0 Å². The molecule has 0 saturated carbocycles. The Morgan fingerprint density at radius 2 is 1.48 bits per heavy atom. The summed E-state index contributed by atoms with van der Waals surface area (Å²) in [6.45, 7) is 9.88. The lowest BCUT2D eigenvalue weighted by Gasteiger charge is -2.17. The molecule has 0 saturated heterocycles. The minimum Gasteiger partial charge on any atom is -0.500 e. The zero-order valence-electron chi connectivity index (χ0n) is 26.1. The van der Waals surface area contributed by atoms with Crippen LogP contribution in [0.5, 0.6) is 28.7 Å². The van der Waals surface area contributed by atoms with Crippen LogP contribution in [-0.4, -0.2) is 49.1 Å². The minimum absolute atomic E-state index is 0.0381. The molecule has 0 bridgehead atoms. The van der Waals surface area contributed by atoms with Gasteiger partial charge in [-0.15, -0.1) is 0 Å². The number of nitrogens with zero attached hydrogens (tertiary/aromatic N) is 3. The molecular weight excluding hydrogens is 609 g/mol. The summed E-state index contributed by atoms with van der Waals surface area (Å²) in [5.74, 6) is 3.53. The number of methoxy groups -OCH3 is 3. The average molecular weight is 649 g/mol. The van der Waals surface area contributed by atoms with Crippen LogP contribution < -0.4 is 30.0 Å². The Hall–Kier alpha value is -4.11. The van der Waals surface area contributed by atoms with E-state index in [9.17, 15) is 0 Å². The molecule has 0 aliphatic carbocycles. The number of benzene rings is 2. The van der Waals surface area contributed by atoms with Crippen molar-refractivity contribution in [1.29, 1.82) is 5.26 Å². The van der Waals surface area contributed by atoms with E-state index in [0.29, 0.717) is 44.7 Å². The number of allylic oxidation sites excluding steroid dienone is 1. The third kappa shape index (κ3) is 9.98. The molecule has 0 unspecified atom stereocenters. The monoisotopic (exact) mass is 647 g/mol. The Morgan fingerprint density at radius 1 is 0.932 bits per heavy atom. The Balaban J connectivity index is 0.000000319. The lowest BCUT2D eigenvalue weighted by molar-refractivity contribution is 0.281. The van der Waals surface area contributed by atoms with Crippen molar-refractivity contribution in [2.24, 2.45) is 0 Å². The van der Waals surface area contributed by atoms with Gasteiger partial charge in [0.2, 0.25) is 11.7 Å². The van der Waals surface area contributed by atoms with E-state index < -0.39 is 0 Å². The van der Waals surface area contributed by atoms with E-state index in [0.717, 1.165) is 11.1 Å². The highest BCUT2D eigenvalue weighted by Gasteiger charge is 2.17. The van der Waals surface area contributed by atoms with Gasteiger partial charge in [-0.2, -0.15) is 10.2 Å². The summed E-state index contributed by atoms with van der Waals surface area (Å²) in [6, 6.07) is 8.70. The first-order valence-corrected chi connectivity index (χ1v) is 14.4. The van der Waals surface area contributed by atoms with E-state index in [2.05, 4.69) is 15.3 Å². The van der Waals surface area contributed by atoms with Gasteiger partial charge in [0.05, 0.1) is 44.2 Å². The molecular formula is C31H39Cl2N5O6. The first-order chi connectivity index (χ1) is 20.9. The Labute approximate surface area is 268 Å². The fourth-order valence-electron chi connectivity index (χ4n) is 3.71. The van der Waals surface area contributed by atoms with Gasteiger partial charge in [0.25, 0.3) is 0 Å². The smallest absolute Gasteiger partial charge is 0.238 e. The highest BCUT2D eigenvalue weighted by molar-refractivity contribution is 6.32. The summed E-state index contributed by atoms with van der Waals surface area (Å²) in [4.78, 5) is 8.31. The molecule has 4 N–H and O–H groups in total. The molecule has 0 radical (unpaired) electrons. The van der Waals surface area contributed by atoms with Crippen molar-refractivity contribution in [2.75, 3.05) is 39.0 Å². The molecule has 238 valence electrons. The summed E-state index contributed by atoms with van der Waals surface area (Å²) in [5.41, 5.74) is 7.80. The number of ether oxygens (including phenoxy) is 5. The second kappa shape index (κ2) is 17.3. The number of anilines is 2. The molecule has 3 rings (SSSR count). The summed E-state index contributed by atoms with van der Waals surface area (Å²) in [6.07, 6.45) is 2.72. The van der Waals surface area contributed by atoms with Crippen molar-refractivity contribution in [2.45, 2.75) is 52.5 Å². The van der Waals surface area contributed by atoms with Gasteiger partial charge in [-0.3, -0.25) is 0 Å². The van der Waals surface area contributed by atoms with Crippen LogP contribution >= 0.6 is 23.2 Å². The second-order valence-corrected chi connectivity index (χ2v) is 10.9. The van der Waals surface area contributed by atoms with Gasteiger partial charge in [0, 0.05) is 29.3 Å². The third-order valence-electron chi connectivity index (χ3n) is 6.02. The van der Waals surface area contributed by atoms with Gasteiger partial charge in [0.15, 0.2) is 11.6 Å². The third-order valence-corrected chi connectivity index (χ3v) is 6.61. The number of nitrogens with one attached hydrogen (secondary N) is 1. The zero-order chi connectivity index (χ0) is 33.0. The van der Waals surface area contributed by atoms with Crippen LogP contribution in [0.3, 0.4) is 0 Å². The van der Waals surface area contributed by atoms with Crippen LogP contribution in [-0.2, 0) is 4.74 Å². The lowest BCUT2D eigenvalue weighted by atomic mass is 10.0. The standard InChI is InChI=1S/C17H23ClN4O3.C14H16ClNO3/c1-9(2)11-5-14(24-4)12(18)6-13(11)25-15-7-20-17(22-16(15)19)21-10(3)8-23;1-9(2)11-5-14(18-4)12(15)6-13(11)19-10(7-16)8-17-3/h5-7,9-10,23H,8H2,1-4H3,(H3,19,20,21,22);5-6,8-9H,1-4H3/b;10-8+/t10-;/m1./s1. The highest BCUT2D eigenvalue weighted by atomic mass is 35.5. The summed E-state index contributed by atoms with van der Waals surface area (Å²) in [7, 11) is 4.57.